The first-order valence-electron chi connectivity index (χ1n) is 9.85. The summed E-state index contributed by atoms with van der Waals surface area (Å²) in [5.41, 5.74) is -0.467. The van der Waals surface area contributed by atoms with Gasteiger partial charge in [-0.1, -0.05) is 53.3 Å². The van der Waals surface area contributed by atoms with Gasteiger partial charge in [0, 0.05) is 23.6 Å². The Morgan fingerprint density at radius 3 is 2.29 bits per heavy atom. The van der Waals surface area contributed by atoms with Crippen LogP contribution in [0.25, 0.3) is 0 Å². The van der Waals surface area contributed by atoms with Crippen molar-refractivity contribution >= 4 is 34.7 Å². The number of likely N-dealkylation sites (tertiary alicyclic amines) is 1. The molecule has 1 fully saturated rings. The number of aliphatic carboxylic acids is 1. The molecule has 1 unspecified atom stereocenters. The zero-order chi connectivity index (χ0) is 21.6. The summed E-state index contributed by atoms with van der Waals surface area (Å²) in [6.07, 6.45) is 1.56. The van der Waals surface area contributed by atoms with Crippen LogP contribution in [-0.2, 0) is 19.2 Å². The Kier molecular flexibility index (Phi) is 8.98. The van der Waals surface area contributed by atoms with E-state index in [2.05, 4.69) is 5.32 Å². The minimum atomic E-state index is -1.07. The fraction of sp³-hybridized carbons (Fsp3) is 0.800. The molecule has 3 atom stereocenters. The lowest BCUT2D eigenvalue weighted by Crippen LogP contribution is -2.52. The number of thioether (sulfide) groups is 1. The number of carboxylic acid groups (broad SMARTS) is 1. The zero-order valence-electron chi connectivity index (χ0n) is 17.8. The highest BCUT2D eigenvalue weighted by Gasteiger charge is 2.37. The van der Waals surface area contributed by atoms with Crippen molar-refractivity contribution in [3.63, 3.8) is 0 Å². The Balaban J connectivity index is 2.71. The number of hydrogen-bond donors (Lipinski definition) is 2. The highest BCUT2D eigenvalue weighted by Crippen LogP contribution is 2.26. The van der Waals surface area contributed by atoms with Crippen LogP contribution in [0.1, 0.15) is 60.8 Å². The van der Waals surface area contributed by atoms with Crippen LogP contribution in [0.2, 0.25) is 0 Å². The molecule has 1 rings (SSSR count). The molecule has 1 heterocycles. The average molecular weight is 415 g/mol. The predicted octanol–water partition coefficient (Wildman–Crippen LogP) is 2.53. The van der Waals surface area contributed by atoms with Crippen LogP contribution in [-0.4, -0.2) is 57.3 Å². The molecule has 0 aliphatic carbocycles. The van der Waals surface area contributed by atoms with Crippen molar-refractivity contribution in [2.75, 3.05) is 12.3 Å². The fourth-order valence-electron chi connectivity index (χ4n) is 3.04. The topological polar surface area (TPSA) is 104 Å². The fourth-order valence-corrected chi connectivity index (χ4v) is 4.01. The van der Waals surface area contributed by atoms with E-state index in [1.165, 1.54) is 4.90 Å². The summed E-state index contributed by atoms with van der Waals surface area (Å²) < 4.78 is 0. The molecule has 160 valence electrons. The maximum atomic E-state index is 12.8. The summed E-state index contributed by atoms with van der Waals surface area (Å²) in [4.78, 5) is 50.5. The molecule has 2 N–H and O–H groups in total. The van der Waals surface area contributed by atoms with Crippen molar-refractivity contribution in [2.45, 2.75) is 72.9 Å². The first kappa shape index (κ1) is 24.5. The summed E-state index contributed by atoms with van der Waals surface area (Å²) in [5.74, 6) is -1.54. The van der Waals surface area contributed by atoms with Crippen LogP contribution in [0.15, 0.2) is 0 Å². The summed E-state index contributed by atoms with van der Waals surface area (Å²) in [6.45, 7) is 11.5. The second-order valence-electron chi connectivity index (χ2n) is 8.97. The first-order chi connectivity index (χ1) is 12.8. The Morgan fingerprint density at radius 2 is 1.79 bits per heavy atom. The molecule has 7 nitrogen and oxygen atoms in total. The molecule has 1 saturated heterocycles. The minimum absolute atomic E-state index is 0.0286. The van der Waals surface area contributed by atoms with Gasteiger partial charge in [-0.3, -0.25) is 14.4 Å². The number of carbonyl (C=O) groups is 4. The van der Waals surface area contributed by atoms with E-state index in [9.17, 15) is 24.3 Å². The van der Waals surface area contributed by atoms with Crippen LogP contribution in [0.3, 0.4) is 0 Å². The van der Waals surface area contributed by atoms with Gasteiger partial charge in [0.25, 0.3) is 0 Å². The number of amides is 2. The molecule has 0 aromatic heterocycles. The third kappa shape index (κ3) is 7.11. The molecule has 0 aromatic carbocycles. The monoisotopic (exact) mass is 414 g/mol. The molecule has 8 heteroatoms. The molecule has 1 aliphatic heterocycles. The Hall–Kier alpha value is -1.57. The lowest BCUT2D eigenvalue weighted by molar-refractivity contribution is -0.144. The van der Waals surface area contributed by atoms with Crippen molar-refractivity contribution < 1.29 is 24.3 Å². The maximum absolute atomic E-state index is 12.8. The molecule has 0 bridgehead atoms. The van der Waals surface area contributed by atoms with Gasteiger partial charge >= 0.3 is 5.97 Å². The van der Waals surface area contributed by atoms with Crippen molar-refractivity contribution in [2.24, 2.45) is 17.3 Å². The molecular weight excluding hydrogens is 380 g/mol. The van der Waals surface area contributed by atoms with Gasteiger partial charge in [0.2, 0.25) is 11.8 Å². The van der Waals surface area contributed by atoms with E-state index in [0.29, 0.717) is 31.6 Å². The molecule has 0 saturated carbocycles. The molecule has 2 amide bonds. The SMILES string of the molecule is CC(C)C[C@H](NC(=O)[C@@H]1CCCN1C(=O)C(C)CSC(=O)C(C)(C)C)C(=O)O. The summed E-state index contributed by atoms with van der Waals surface area (Å²) in [7, 11) is 0. The van der Waals surface area contributed by atoms with Gasteiger partial charge in [-0.2, -0.15) is 0 Å². The van der Waals surface area contributed by atoms with E-state index in [4.69, 9.17) is 0 Å². The number of nitrogens with zero attached hydrogens (tertiary/aromatic N) is 1. The van der Waals surface area contributed by atoms with Crippen LogP contribution in [0, 0.1) is 17.3 Å². The smallest absolute Gasteiger partial charge is 0.326 e. The number of carbonyl (C=O) groups excluding carboxylic acids is 3. The minimum Gasteiger partial charge on any atom is -0.480 e. The molecule has 0 spiro atoms. The van der Waals surface area contributed by atoms with Gasteiger partial charge in [0.1, 0.15) is 12.1 Å². The van der Waals surface area contributed by atoms with Gasteiger partial charge < -0.3 is 15.3 Å². The highest BCUT2D eigenvalue weighted by molar-refractivity contribution is 8.13. The quantitative estimate of drug-likeness (QED) is 0.633. The van der Waals surface area contributed by atoms with E-state index >= 15 is 0 Å². The van der Waals surface area contributed by atoms with E-state index in [1.807, 2.05) is 34.6 Å². The first-order valence-corrected chi connectivity index (χ1v) is 10.8. The van der Waals surface area contributed by atoms with Gasteiger partial charge in [0.15, 0.2) is 5.12 Å². The van der Waals surface area contributed by atoms with Gasteiger partial charge in [-0.15, -0.1) is 0 Å². The van der Waals surface area contributed by atoms with Crippen LogP contribution in [0.5, 0.6) is 0 Å². The van der Waals surface area contributed by atoms with E-state index in [1.54, 1.807) is 6.92 Å². The van der Waals surface area contributed by atoms with E-state index in [-0.39, 0.29) is 16.9 Å². The van der Waals surface area contributed by atoms with Crippen LogP contribution >= 0.6 is 11.8 Å². The number of hydrogen-bond acceptors (Lipinski definition) is 5. The molecule has 1 aliphatic rings. The van der Waals surface area contributed by atoms with Crippen molar-refractivity contribution in [1.29, 1.82) is 0 Å². The third-order valence-electron chi connectivity index (χ3n) is 4.66. The zero-order valence-corrected chi connectivity index (χ0v) is 18.6. The Labute approximate surface area is 172 Å². The second-order valence-corrected chi connectivity index (χ2v) is 9.96. The largest absolute Gasteiger partial charge is 0.480 e. The van der Waals surface area contributed by atoms with Crippen LogP contribution in [0.4, 0.5) is 0 Å². The number of carboxylic acids is 1. The van der Waals surface area contributed by atoms with E-state index in [0.717, 1.165) is 11.8 Å². The van der Waals surface area contributed by atoms with Crippen LogP contribution < -0.4 is 5.32 Å². The third-order valence-corrected chi connectivity index (χ3v) is 6.20. The molecule has 28 heavy (non-hydrogen) atoms. The van der Waals surface area contributed by atoms with Crippen molar-refractivity contribution in [3.8, 4) is 0 Å². The van der Waals surface area contributed by atoms with Crippen molar-refractivity contribution in [3.05, 3.63) is 0 Å². The lowest BCUT2D eigenvalue weighted by atomic mass is 10.00. The van der Waals surface area contributed by atoms with Gasteiger partial charge in [0.05, 0.1) is 0 Å². The Bertz CT molecular complexity index is 600. The summed E-state index contributed by atoms with van der Waals surface area (Å²) in [5, 5.41) is 12.0. The van der Waals surface area contributed by atoms with E-state index < -0.39 is 35.3 Å². The standard InChI is InChI=1S/C20H34N2O5S/c1-12(2)10-14(18(25)26)21-16(23)15-8-7-9-22(15)17(24)13(3)11-28-19(27)20(4,5)6/h12-15H,7-11H2,1-6H3,(H,21,23)(H,25,26)/t13?,14-,15-/m0/s1. The lowest BCUT2D eigenvalue weighted by Gasteiger charge is -2.28. The molecule has 0 aromatic rings. The second kappa shape index (κ2) is 10.3. The average Bonchev–Trinajstić information content (AvgIpc) is 3.06. The number of rotatable bonds is 8. The normalized spacial score (nSPS) is 19.4. The predicted molar refractivity (Wildman–Crippen MR) is 110 cm³/mol. The maximum Gasteiger partial charge on any atom is 0.326 e. The van der Waals surface area contributed by atoms with Gasteiger partial charge in [-0.05, 0) is 25.2 Å². The van der Waals surface area contributed by atoms with Gasteiger partial charge in [-0.25, -0.2) is 4.79 Å². The Morgan fingerprint density at radius 1 is 1.18 bits per heavy atom. The number of nitrogens with one attached hydrogen (secondary N) is 1. The molecule has 0 radical (unpaired) electrons. The highest BCUT2D eigenvalue weighted by atomic mass is 32.2. The summed E-state index contributed by atoms with van der Waals surface area (Å²) in [6, 6.07) is -1.60. The summed E-state index contributed by atoms with van der Waals surface area (Å²) >= 11 is 1.14. The van der Waals surface area contributed by atoms with Crippen molar-refractivity contribution in [1.82, 2.24) is 10.2 Å². The molecular formula is C20H34N2O5S.